The first-order valence-corrected chi connectivity index (χ1v) is 15.7. The molecule has 1 aromatic heterocycles. The molecule has 2 aliphatic rings. The maximum atomic E-state index is 13.1. The van der Waals surface area contributed by atoms with Crippen molar-refractivity contribution in [3.8, 4) is 22.6 Å². The predicted octanol–water partition coefficient (Wildman–Crippen LogP) is 7.05. The monoisotopic (exact) mass is 607 g/mol. The van der Waals surface area contributed by atoms with E-state index in [1.165, 1.54) is 11.3 Å². The minimum absolute atomic E-state index is 0.370. The summed E-state index contributed by atoms with van der Waals surface area (Å²) in [6.07, 6.45) is 8.91. The molecule has 8 nitrogen and oxygen atoms in total. The van der Waals surface area contributed by atoms with E-state index in [0.29, 0.717) is 47.0 Å². The third-order valence-electron chi connectivity index (χ3n) is 8.40. The van der Waals surface area contributed by atoms with E-state index in [2.05, 4.69) is 17.5 Å². The van der Waals surface area contributed by atoms with Gasteiger partial charge >= 0.3 is 17.6 Å². The number of fused-ring (bicyclic) bond motifs is 2. The van der Waals surface area contributed by atoms with Gasteiger partial charge in [-0.05, 0) is 111 Å². The molecule has 45 heavy (non-hydrogen) atoms. The Kier molecular flexibility index (Phi) is 9.29. The van der Waals surface area contributed by atoms with Crippen molar-refractivity contribution in [3.05, 3.63) is 100 Å². The second kappa shape index (κ2) is 13.8. The zero-order valence-electron chi connectivity index (χ0n) is 25.3. The Morgan fingerprint density at radius 3 is 2.33 bits per heavy atom. The number of aryl methyl sites for hydroxylation is 2. The fourth-order valence-corrected chi connectivity index (χ4v) is 6.18. The van der Waals surface area contributed by atoms with Crippen LogP contribution in [0.3, 0.4) is 0 Å². The summed E-state index contributed by atoms with van der Waals surface area (Å²) in [6.45, 7) is 6.45. The lowest BCUT2D eigenvalue weighted by molar-refractivity contribution is -0.137. The van der Waals surface area contributed by atoms with Gasteiger partial charge in [0.1, 0.15) is 17.1 Å². The Bertz CT molecular complexity index is 1750. The standard InChI is InChI=1S/C37H37NO7/c1-2-33(39)43-22-6-4-3-5-21-42-29-15-13-26(14-16-29)36(40)44-30-17-11-25(12-18-30)32-24-28-23-27-9-7-19-38-20-8-10-31(34(27)38)35(28)45-37(32)41/h2,11-18,23-24H,1,3-10,19-22H2. The molecular formula is C37H37NO7. The van der Waals surface area contributed by atoms with Crippen molar-refractivity contribution in [1.29, 1.82) is 0 Å². The zero-order valence-corrected chi connectivity index (χ0v) is 25.3. The van der Waals surface area contributed by atoms with Gasteiger partial charge in [-0.3, -0.25) is 0 Å². The number of carbonyl (C=O) groups is 2. The molecule has 0 bridgehead atoms. The number of esters is 2. The molecule has 0 saturated heterocycles. The minimum Gasteiger partial charge on any atom is -0.494 e. The number of ether oxygens (including phenoxy) is 3. The van der Waals surface area contributed by atoms with Crippen LogP contribution in [-0.2, 0) is 22.4 Å². The van der Waals surface area contributed by atoms with Crippen LogP contribution in [0.4, 0.5) is 5.69 Å². The molecule has 0 saturated carbocycles. The highest BCUT2D eigenvalue weighted by Crippen LogP contribution is 2.40. The number of nitrogens with zero attached hydrogens (tertiary/aromatic N) is 1. The Labute approximate surface area is 262 Å². The van der Waals surface area contributed by atoms with Crippen molar-refractivity contribution in [1.82, 2.24) is 0 Å². The normalized spacial score (nSPS) is 13.6. The quantitative estimate of drug-likeness (QED) is 0.0556. The lowest BCUT2D eigenvalue weighted by Crippen LogP contribution is -2.34. The predicted molar refractivity (Wildman–Crippen MR) is 173 cm³/mol. The average Bonchev–Trinajstić information content (AvgIpc) is 3.07. The largest absolute Gasteiger partial charge is 0.494 e. The van der Waals surface area contributed by atoms with E-state index in [0.717, 1.165) is 81.5 Å². The van der Waals surface area contributed by atoms with E-state index >= 15 is 0 Å². The number of benzene rings is 3. The van der Waals surface area contributed by atoms with E-state index in [4.69, 9.17) is 18.6 Å². The van der Waals surface area contributed by atoms with Crippen LogP contribution in [0.15, 0.2) is 82.5 Å². The average molecular weight is 608 g/mol. The second-order valence-electron chi connectivity index (χ2n) is 11.5. The first-order valence-electron chi connectivity index (χ1n) is 15.7. The van der Waals surface area contributed by atoms with E-state index in [1.54, 1.807) is 48.5 Å². The molecule has 0 spiro atoms. The molecule has 8 heteroatoms. The van der Waals surface area contributed by atoms with Crippen LogP contribution in [0.25, 0.3) is 22.1 Å². The lowest BCUT2D eigenvalue weighted by atomic mass is 9.89. The summed E-state index contributed by atoms with van der Waals surface area (Å²) in [6, 6.07) is 17.9. The van der Waals surface area contributed by atoms with Crippen LogP contribution in [0.1, 0.15) is 60.0 Å². The third-order valence-corrected chi connectivity index (χ3v) is 8.40. The summed E-state index contributed by atoms with van der Waals surface area (Å²) in [4.78, 5) is 39.3. The van der Waals surface area contributed by atoms with Crippen molar-refractivity contribution in [2.75, 3.05) is 31.2 Å². The van der Waals surface area contributed by atoms with Gasteiger partial charge in [-0.15, -0.1) is 0 Å². The van der Waals surface area contributed by atoms with Gasteiger partial charge < -0.3 is 23.5 Å². The van der Waals surface area contributed by atoms with Gasteiger partial charge in [0.05, 0.1) is 24.3 Å². The van der Waals surface area contributed by atoms with Gasteiger partial charge in [0, 0.05) is 35.8 Å². The van der Waals surface area contributed by atoms with Crippen molar-refractivity contribution in [2.45, 2.75) is 51.4 Å². The SMILES string of the molecule is C=CC(=O)OCCCCCCOc1ccc(C(=O)Oc2ccc(-c3cc4cc5c6c(c4oc3=O)CCCN6CCC5)cc2)cc1. The molecule has 3 heterocycles. The van der Waals surface area contributed by atoms with Crippen molar-refractivity contribution in [3.63, 3.8) is 0 Å². The number of hydrogen-bond acceptors (Lipinski definition) is 8. The molecule has 4 aromatic rings. The molecule has 232 valence electrons. The molecule has 0 atom stereocenters. The number of unbranched alkanes of at least 4 members (excludes halogenated alkanes) is 3. The van der Waals surface area contributed by atoms with E-state index in [9.17, 15) is 14.4 Å². The van der Waals surface area contributed by atoms with Crippen LogP contribution in [0.2, 0.25) is 0 Å². The fourth-order valence-electron chi connectivity index (χ4n) is 6.18. The molecular weight excluding hydrogens is 570 g/mol. The maximum Gasteiger partial charge on any atom is 0.344 e. The number of carbonyl (C=O) groups excluding carboxylic acids is 2. The number of hydrogen-bond donors (Lipinski definition) is 0. The van der Waals surface area contributed by atoms with E-state index in [1.807, 2.05) is 6.07 Å². The van der Waals surface area contributed by atoms with Gasteiger partial charge in [0.15, 0.2) is 0 Å². The Balaban J connectivity index is 1.04. The zero-order chi connectivity index (χ0) is 31.2. The molecule has 6 rings (SSSR count). The van der Waals surface area contributed by atoms with Crippen LogP contribution in [0.5, 0.6) is 11.5 Å². The molecule has 3 aromatic carbocycles. The number of rotatable bonds is 12. The first kappa shape index (κ1) is 30.2. The summed E-state index contributed by atoms with van der Waals surface area (Å²) < 4.78 is 22.3. The molecule has 0 unspecified atom stereocenters. The van der Waals surface area contributed by atoms with Crippen LogP contribution >= 0.6 is 0 Å². The van der Waals surface area contributed by atoms with Gasteiger partial charge in [0.25, 0.3) is 0 Å². The molecule has 2 aliphatic heterocycles. The van der Waals surface area contributed by atoms with E-state index in [-0.39, 0.29) is 5.63 Å². The maximum absolute atomic E-state index is 13.1. The smallest absolute Gasteiger partial charge is 0.344 e. The Hall–Kier alpha value is -4.85. The molecule has 0 aliphatic carbocycles. The summed E-state index contributed by atoms with van der Waals surface area (Å²) in [5.41, 5.74) is 5.71. The number of anilines is 1. The summed E-state index contributed by atoms with van der Waals surface area (Å²) in [5, 5.41) is 0.953. The highest BCUT2D eigenvalue weighted by molar-refractivity contribution is 5.92. The molecule has 0 amide bonds. The van der Waals surface area contributed by atoms with Crippen LogP contribution in [0, 0.1) is 0 Å². The van der Waals surface area contributed by atoms with E-state index < -0.39 is 11.9 Å². The fraction of sp³-hybridized carbons (Fsp3) is 0.324. The van der Waals surface area contributed by atoms with Crippen molar-refractivity contribution in [2.24, 2.45) is 0 Å². The summed E-state index contributed by atoms with van der Waals surface area (Å²) >= 11 is 0. The lowest BCUT2D eigenvalue weighted by Gasteiger charge is -2.37. The second-order valence-corrected chi connectivity index (χ2v) is 11.5. The van der Waals surface area contributed by atoms with Gasteiger partial charge in [-0.1, -0.05) is 18.7 Å². The molecule has 0 radical (unpaired) electrons. The highest BCUT2D eigenvalue weighted by Gasteiger charge is 2.27. The third kappa shape index (κ3) is 6.95. The summed E-state index contributed by atoms with van der Waals surface area (Å²) in [7, 11) is 0. The van der Waals surface area contributed by atoms with Crippen molar-refractivity contribution >= 4 is 28.6 Å². The summed E-state index contributed by atoms with van der Waals surface area (Å²) in [5.74, 6) is 0.178. The van der Waals surface area contributed by atoms with Crippen LogP contribution in [-0.4, -0.2) is 38.2 Å². The minimum atomic E-state index is -0.482. The van der Waals surface area contributed by atoms with Gasteiger partial charge in [-0.2, -0.15) is 0 Å². The Morgan fingerprint density at radius 2 is 1.58 bits per heavy atom. The highest BCUT2D eigenvalue weighted by atomic mass is 16.5. The first-order chi connectivity index (χ1) is 22.0. The van der Waals surface area contributed by atoms with Gasteiger partial charge in [-0.25, -0.2) is 14.4 Å². The van der Waals surface area contributed by atoms with Crippen molar-refractivity contribution < 1.29 is 28.2 Å². The Morgan fingerprint density at radius 1 is 0.867 bits per heavy atom. The van der Waals surface area contributed by atoms with Crippen LogP contribution < -0.4 is 20.0 Å². The molecule has 0 fully saturated rings. The topological polar surface area (TPSA) is 95.3 Å². The molecule has 0 N–H and O–H groups in total. The van der Waals surface area contributed by atoms with Gasteiger partial charge in [0.2, 0.25) is 0 Å².